The van der Waals surface area contributed by atoms with Gasteiger partial charge in [0.25, 0.3) is 0 Å². The Morgan fingerprint density at radius 3 is 2.62 bits per heavy atom. The number of aromatic nitrogens is 4. The van der Waals surface area contributed by atoms with Crippen LogP contribution in [0.1, 0.15) is 32.1 Å². The smallest absolute Gasteiger partial charge is 0.315 e. The number of urea groups is 1. The standard InChI is InChI=1S/C33H46IN9O7S2/c34-21-16-23-24(50-20-49-23)17-26(21)52-33-42-29-30(35)38-19-39-31(29)43(33)9-3-6-36-7-10-46-12-14-48-15-13-47-11-8-37-27(44)5-2-1-4-25-28-22(18-51-25)40-32(45)41-28/h16-17,19,22,25,28,36H,1-15,18,20H2,(H,37,44)(H2,35,38,39)(H2,40,41,45)/t22-,25-,28-/m0/s1. The van der Waals surface area contributed by atoms with Crippen LogP contribution in [0.5, 0.6) is 11.5 Å². The number of nitrogen functional groups attached to an aromatic ring is 1. The lowest BCUT2D eigenvalue weighted by molar-refractivity contribution is -0.121. The molecule has 3 aliphatic rings. The van der Waals surface area contributed by atoms with E-state index in [0.29, 0.717) is 81.4 Å². The van der Waals surface area contributed by atoms with E-state index in [-0.39, 0.29) is 30.8 Å². The average Bonchev–Trinajstić information content (AvgIpc) is 3.91. The number of carbonyl (C=O) groups excluding carboxylic acids is 2. The van der Waals surface area contributed by atoms with E-state index in [1.54, 1.807) is 0 Å². The molecule has 5 heterocycles. The molecule has 3 amide bonds. The Hall–Kier alpha value is -2.82. The number of unbranched alkanes of at least 4 members (excludes halogenated alkanes) is 1. The van der Waals surface area contributed by atoms with Crippen molar-refractivity contribution in [2.45, 2.75) is 66.0 Å². The molecular weight excluding hydrogens is 825 g/mol. The maximum Gasteiger partial charge on any atom is 0.315 e. The van der Waals surface area contributed by atoms with Gasteiger partial charge in [0.05, 0.1) is 51.7 Å². The second-order valence-corrected chi connectivity index (χ2v) is 15.8. The summed E-state index contributed by atoms with van der Waals surface area (Å²) in [6.45, 7) is 5.89. The van der Waals surface area contributed by atoms with Crippen molar-refractivity contribution in [2.75, 3.05) is 77.6 Å². The Kier molecular flexibility index (Phi) is 15.0. The lowest BCUT2D eigenvalue weighted by atomic mass is 10.0. The number of nitrogens with two attached hydrogens (primary N) is 1. The average molecular weight is 872 g/mol. The van der Waals surface area contributed by atoms with Crippen LogP contribution in [0.2, 0.25) is 0 Å². The van der Waals surface area contributed by atoms with Gasteiger partial charge in [-0.3, -0.25) is 4.79 Å². The molecule has 0 radical (unpaired) electrons. The van der Waals surface area contributed by atoms with E-state index in [1.807, 2.05) is 23.9 Å². The number of rotatable bonds is 23. The first-order valence-corrected chi connectivity index (χ1v) is 20.5. The van der Waals surface area contributed by atoms with Crippen molar-refractivity contribution < 1.29 is 33.3 Å². The number of carbonyl (C=O) groups is 2. The summed E-state index contributed by atoms with van der Waals surface area (Å²) in [6, 6.07) is 4.35. The van der Waals surface area contributed by atoms with E-state index in [9.17, 15) is 9.59 Å². The van der Waals surface area contributed by atoms with Gasteiger partial charge in [-0.25, -0.2) is 19.7 Å². The predicted molar refractivity (Wildman–Crippen MR) is 206 cm³/mol. The highest BCUT2D eigenvalue weighted by Gasteiger charge is 2.42. The van der Waals surface area contributed by atoms with Crippen LogP contribution in [0.15, 0.2) is 28.5 Å². The first-order chi connectivity index (χ1) is 25.5. The number of amides is 3. The number of nitrogens with one attached hydrogen (secondary N) is 4. The second kappa shape index (κ2) is 20.0. The van der Waals surface area contributed by atoms with Crippen molar-refractivity contribution in [1.82, 2.24) is 40.8 Å². The Morgan fingerprint density at radius 1 is 1.02 bits per heavy atom. The number of nitrogens with zero attached hydrogens (tertiary/aromatic N) is 4. The van der Waals surface area contributed by atoms with Crippen molar-refractivity contribution in [3.05, 3.63) is 22.0 Å². The zero-order valence-corrected chi connectivity index (χ0v) is 32.7. The predicted octanol–water partition coefficient (Wildman–Crippen LogP) is 2.76. The minimum atomic E-state index is -0.0601. The molecule has 1 aromatic carbocycles. The lowest BCUT2D eigenvalue weighted by Gasteiger charge is -2.16. The number of ether oxygens (including phenoxy) is 5. The van der Waals surface area contributed by atoms with Crippen LogP contribution in [0.25, 0.3) is 11.2 Å². The molecule has 2 saturated heterocycles. The molecule has 16 nitrogen and oxygen atoms in total. The quantitative estimate of drug-likeness (QED) is 0.0530. The molecule has 284 valence electrons. The number of thioether (sulfide) groups is 1. The molecule has 3 aliphatic heterocycles. The van der Waals surface area contributed by atoms with Gasteiger partial charge in [0.2, 0.25) is 12.7 Å². The first-order valence-electron chi connectivity index (χ1n) is 17.6. The van der Waals surface area contributed by atoms with Crippen LogP contribution >= 0.6 is 46.1 Å². The zero-order valence-electron chi connectivity index (χ0n) is 28.9. The summed E-state index contributed by atoms with van der Waals surface area (Å²) in [5.74, 6) is 2.83. The fourth-order valence-corrected chi connectivity index (χ4v) is 9.34. The molecule has 3 aromatic rings. The number of anilines is 1. The SMILES string of the molecule is Nc1ncnc2c1nc(Sc1cc3c(cc1I)OCO3)n2CCCNCCOCCOCCOCCNC(=O)CCCC[C@@H]1SC[C@@H]2NC(=O)N[C@@H]21. The minimum Gasteiger partial charge on any atom is -0.454 e. The third-order valence-electron chi connectivity index (χ3n) is 8.71. The Labute approximate surface area is 324 Å². The normalized spacial score (nSPS) is 18.9. The van der Waals surface area contributed by atoms with Gasteiger partial charge in [-0.15, -0.1) is 0 Å². The number of benzene rings is 1. The van der Waals surface area contributed by atoms with E-state index in [0.717, 1.165) is 69.6 Å². The largest absolute Gasteiger partial charge is 0.454 e. The molecule has 52 heavy (non-hydrogen) atoms. The van der Waals surface area contributed by atoms with Crippen molar-refractivity contribution in [3.8, 4) is 11.5 Å². The van der Waals surface area contributed by atoms with Crippen molar-refractivity contribution in [1.29, 1.82) is 0 Å². The molecule has 2 fully saturated rings. The summed E-state index contributed by atoms with van der Waals surface area (Å²) in [6.07, 6.45) is 5.66. The van der Waals surface area contributed by atoms with Gasteiger partial charge in [0.1, 0.15) is 6.33 Å². The van der Waals surface area contributed by atoms with E-state index >= 15 is 0 Å². The lowest BCUT2D eigenvalue weighted by Crippen LogP contribution is -2.36. The molecule has 0 unspecified atom stereocenters. The molecule has 2 aromatic heterocycles. The third kappa shape index (κ3) is 10.9. The van der Waals surface area contributed by atoms with E-state index in [1.165, 1.54) is 18.1 Å². The van der Waals surface area contributed by atoms with Crippen molar-refractivity contribution in [2.24, 2.45) is 0 Å². The Morgan fingerprint density at radius 2 is 1.79 bits per heavy atom. The number of aryl methyl sites for hydroxylation is 1. The van der Waals surface area contributed by atoms with Crippen molar-refractivity contribution in [3.63, 3.8) is 0 Å². The first kappa shape index (κ1) is 38.9. The van der Waals surface area contributed by atoms with Gasteiger partial charge in [-0.05, 0) is 60.5 Å². The van der Waals surface area contributed by atoms with Gasteiger partial charge in [-0.1, -0.05) is 18.2 Å². The number of hydrogen-bond acceptors (Lipinski definition) is 14. The van der Waals surface area contributed by atoms with Crippen molar-refractivity contribution >= 4 is 75.0 Å². The van der Waals surface area contributed by atoms with Gasteiger partial charge >= 0.3 is 6.03 Å². The highest BCUT2D eigenvalue weighted by molar-refractivity contribution is 14.1. The molecule has 6 N–H and O–H groups in total. The Balaban J connectivity index is 0.750. The zero-order chi connectivity index (χ0) is 36.1. The number of halogens is 1. The molecule has 19 heteroatoms. The fraction of sp³-hybridized carbons (Fsp3) is 0.606. The van der Waals surface area contributed by atoms with Gasteiger partial charge in [0, 0.05) is 45.5 Å². The fourth-order valence-electron chi connectivity index (χ4n) is 6.09. The number of imidazole rings is 1. The summed E-state index contributed by atoms with van der Waals surface area (Å²) in [5, 5.41) is 13.5. The van der Waals surface area contributed by atoms with Crippen LogP contribution in [-0.2, 0) is 25.5 Å². The number of fused-ring (bicyclic) bond motifs is 3. The topological polar surface area (TPSA) is 198 Å². The molecule has 6 rings (SSSR count). The maximum atomic E-state index is 12.1. The van der Waals surface area contributed by atoms with Gasteiger partial charge in [-0.2, -0.15) is 11.8 Å². The van der Waals surface area contributed by atoms with E-state index < -0.39 is 0 Å². The van der Waals surface area contributed by atoms with Crippen LogP contribution in [0, 0.1) is 3.57 Å². The van der Waals surface area contributed by atoms with E-state index in [4.69, 9.17) is 34.4 Å². The highest BCUT2D eigenvalue weighted by Crippen LogP contribution is 2.41. The summed E-state index contributed by atoms with van der Waals surface area (Å²) >= 11 is 5.74. The molecule has 0 saturated carbocycles. The van der Waals surface area contributed by atoms with Gasteiger partial charge < -0.3 is 55.3 Å². The Bertz CT molecular complexity index is 1650. The van der Waals surface area contributed by atoms with E-state index in [2.05, 4.69) is 58.4 Å². The molecular formula is C33H46IN9O7S2. The van der Waals surface area contributed by atoms with Gasteiger partial charge in [0.15, 0.2) is 33.6 Å². The monoisotopic (exact) mass is 871 g/mol. The van der Waals surface area contributed by atoms with Crippen LogP contribution < -0.4 is 36.5 Å². The molecule has 0 aliphatic carbocycles. The second-order valence-electron chi connectivity index (χ2n) is 12.4. The number of hydrogen-bond donors (Lipinski definition) is 5. The summed E-state index contributed by atoms with van der Waals surface area (Å²) in [4.78, 5) is 38.0. The maximum absolute atomic E-state index is 12.1. The molecule has 0 bridgehead atoms. The molecule has 0 spiro atoms. The molecule has 3 atom stereocenters. The van der Waals surface area contributed by atoms with Crippen LogP contribution in [0.3, 0.4) is 0 Å². The summed E-state index contributed by atoms with van der Waals surface area (Å²) in [7, 11) is 0. The van der Waals surface area contributed by atoms with Crippen LogP contribution in [-0.4, -0.2) is 121 Å². The summed E-state index contributed by atoms with van der Waals surface area (Å²) in [5.41, 5.74) is 7.44. The minimum absolute atomic E-state index is 0.0451. The summed E-state index contributed by atoms with van der Waals surface area (Å²) < 4.78 is 31.0. The van der Waals surface area contributed by atoms with Crippen LogP contribution in [0.4, 0.5) is 10.6 Å². The third-order valence-corrected chi connectivity index (χ3v) is 12.5. The highest BCUT2D eigenvalue weighted by atomic mass is 127.